The van der Waals surface area contributed by atoms with Gasteiger partial charge in [0.25, 0.3) is 5.91 Å². The minimum atomic E-state index is -0.174. The van der Waals surface area contributed by atoms with Gasteiger partial charge >= 0.3 is 0 Å². The van der Waals surface area contributed by atoms with Crippen LogP contribution in [0.25, 0.3) is 10.1 Å². The Balaban J connectivity index is 1.76. The van der Waals surface area contributed by atoms with Crippen LogP contribution >= 0.6 is 23.6 Å². The molecule has 1 aromatic heterocycles. The summed E-state index contributed by atoms with van der Waals surface area (Å²) in [4.78, 5) is 13.1. The van der Waals surface area contributed by atoms with E-state index in [2.05, 4.69) is 10.6 Å². The van der Waals surface area contributed by atoms with Crippen molar-refractivity contribution in [1.82, 2.24) is 5.32 Å². The van der Waals surface area contributed by atoms with Crippen LogP contribution in [0.1, 0.15) is 15.2 Å². The number of thiocarbonyl (C=S) groups is 1. The first-order chi connectivity index (χ1) is 10.6. The Morgan fingerprint density at radius 2 is 1.73 bits per heavy atom. The van der Waals surface area contributed by atoms with Crippen molar-refractivity contribution in [3.63, 3.8) is 0 Å². The summed E-state index contributed by atoms with van der Waals surface area (Å²) >= 11 is 6.68. The largest absolute Gasteiger partial charge is 0.332 e. The molecule has 3 nitrogen and oxygen atoms in total. The smallest absolute Gasteiger partial charge is 0.267 e. The molecule has 0 atom stereocenters. The maximum atomic E-state index is 12.4. The van der Waals surface area contributed by atoms with Gasteiger partial charge in [0.05, 0.1) is 4.88 Å². The van der Waals surface area contributed by atoms with Crippen LogP contribution in [0, 0.1) is 6.92 Å². The van der Waals surface area contributed by atoms with Crippen molar-refractivity contribution in [3.05, 3.63) is 65.0 Å². The molecule has 0 aliphatic rings. The molecule has 0 aliphatic carbocycles. The molecule has 0 bridgehead atoms. The number of rotatable bonds is 2. The maximum Gasteiger partial charge on any atom is 0.267 e. The Morgan fingerprint density at radius 1 is 1.05 bits per heavy atom. The molecule has 0 spiro atoms. The Labute approximate surface area is 138 Å². The molecule has 0 radical (unpaired) electrons. The first-order valence-corrected chi connectivity index (χ1v) is 8.03. The molecule has 5 heteroatoms. The van der Waals surface area contributed by atoms with Gasteiger partial charge in [-0.05, 0) is 48.3 Å². The summed E-state index contributed by atoms with van der Waals surface area (Å²) in [6.45, 7) is 1.96. The fraction of sp³-hybridized carbons (Fsp3) is 0.0588. The molecule has 1 heterocycles. The van der Waals surface area contributed by atoms with E-state index in [1.165, 1.54) is 11.3 Å². The van der Waals surface area contributed by atoms with Crippen molar-refractivity contribution in [2.75, 3.05) is 5.32 Å². The maximum absolute atomic E-state index is 12.4. The van der Waals surface area contributed by atoms with Crippen molar-refractivity contribution in [2.24, 2.45) is 0 Å². The van der Waals surface area contributed by atoms with Crippen molar-refractivity contribution in [2.45, 2.75) is 6.92 Å². The Bertz CT molecular complexity index is 840. The number of para-hydroxylation sites is 1. The van der Waals surface area contributed by atoms with Crippen LogP contribution in [0.5, 0.6) is 0 Å². The SMILES string of the molecule is Cc1c(C(=O)NC(=S)Nc2ccccc2)sc2ccccc12. The van der Waals surface area contributed by atoms with Crippen LogP contribution in [0.15, 0.2) is 54.6 Å². The van der Waals surface area contributed by atoms with Crippen molar-refractivity contribution < 1.29 is 4.79 Å². The number of carbonyl (C=O) groups excluding carboxylic acids is 1. The van der Waals surface area contributed by atoms with Crippen molar-refractivity contribution in [3.8, 4) is 0 Å². The molecular weight excluding hydrogens is 312 g/mol. The number of carbonyl (C=O) groups is 1. The lowest BCUT2D eigenvalue weighted by atomic mass is 10.1. The van der Waals surface area contributed by atoms with E-state index >= 15 is 0 Å². The topological polar surface area (TPSA) is 41.1 Å². The number of aryl methyl sites for hydroxylation is 1. The van der Waals surface area contributed by atoms with Crippen LogP contribution in [-0.4, -0.2) is 11.0 Å². The van der Waals surface area contributed by atoms with Gasteiger partial charge in [0, 0.05) is 10.4 Å². The van der Waals surface area contributed by atoms with Gasteiger partial charge in [0.1, 0.15) is 0 Å². The highest BCUT2D eigenvalue weighted by molar-refractivity contribution is 7.80. The van der Waals surface area contributed by atoms with Gasteiger partial charge in [-0.3, -0.25) is 10.1 Å². The van der Waals surface area contributed by atoms with Gasteiger partial charge in [-0.1, -0.05) is 36.4 Å². The summed E-state index contributed by atoms with van der Waals surface area (Å²) in [5, 5.41) is 7.15. The molecule has 2 aromatic carbocycles. The Morgan fingerprint density at radius 3 is 2.45 bits per heavy atom. The standard InChI is InChI=1S/C17H14N2OS2/c1-11-13-9-5-6-10-14(13)22-15(11)16(20)19-17(21)18-12-7-3-2-4-8-12/h2-10H,1H3,(H2,18,19,20,21). The van der Waals surface area contributed by atoms with E-state index in [4.69, 9.17) is 12.2 Å². The van der Waals surface area contributed by atoms with Crippen LogP contribution in [0.2, 0.25) is 0 Å². The number of thiophene rings is 1. The third-order valence-corrected chi connectivity index (χ3v) is 4.78. The monoisotopic (exact) mass is 326 g/mol. The molecule has 22 heavy (non-hydrogen) atoms. The highest BCUT2D eigenvalue weighted by atomic mass is 32.1. The van der Waals surface area contributed by atoms with Crippen LogP contribution in [-0.2, 0) is 0 Å². The molecule has 0 aliphatic heterocycles. The van der Waals surface area contributed by atoms with E-state index in [1.807, 2.05) is 61.5 Å². The summed E-state index contributed by atoms with van der Waals surface area (Å²) in [7, 11) is 0. The predicted octanol–water partition coefficient (Wildman–Crippen LogP) is 4.34. The third-order valence-electron chi connectivity index (χ3n) is 3.31. The fourth-order valence-corrected chi connectivity index (χ4v) is 3.55. The summed E-state index contributed by atoms with van der Waals surface area (Å²) in [5.41, 5.74) is 1.83. The number of hydrogen-bond acceptors (Lipinski definition) is 3. The first-order valence-electron chi connectivity index (χ1n) is 6.80. The Hall–Kier alpha value is -2.24. The average Bonchev–Trinajstić information content (AvgIpc) is 2.86. The highest BCUT2D eigenvalue weighted by Crippen LogP contribution is 2.30. The minimum absolute atomic E-state index is 0.174. The minimum Gasteiger partial charge on any atom is -0.332 e. The lowest BCUT2D eigenvalue weighted by molar-refractivity contribution is 0.0981. The van der Waals surface area contributed by atoms with Gasteiger partial charge in [-0.15, -0.1) is 11.3 Å². The zero-order valence-electron chi connectivity index (χ0n) is 11.9. The number of nitrogens with one attached hydrogen (secondary N) is 2. The summed E-state index contributed by atoms with van der Waals surface area (Å²) in [6, 6.07) is 17.5. The van der Waals surface area contributed by atoms with Crippen LogP contribution in [0.4, 0.5) is 5.69 Å². The molecule has 2 N–H and O–H groups in total. The first kappa shape index (κ1) is 14.7. The van der Waals surface area contributed by atoms with Crippen LogP contribution in [0.3, 0.4) is 0 Å². The second-order valence-corrected chi connectivity index (χ2v) is 6.29. The van der Waals surface area contributed by atoms with Gasteiger partial charge in [0.15, 0.2) is 5.11 Å². The van der Waals surface area contributed by atoms with Gasteiger partial charge in [-0.2, -0.15) is 0 Å². The molecule has 1 amide bonds. The van der Waals surface area contributed by atoms with Gasteiger partial charge < -0.3 is 5.32 Å². The summed E-state index contributed by atoms with van der Waals surface area (Å²) < 4.78 is 1.10. The van der Waals surface area contributed by atoms with E-state index in [0.29, 0.717) is 9.99 Å². The number of amides is 1. The summed E-state index contributed by atoms with van der Waals surface area (Å²) in [5.74, 6) is -0.174. The number of fused-ring (bicyclic) bond motifs is 1. The molecule has 3 aromatic rings. The van der Waals surface area contributed by atoms with E-state index in [0.717, 1.165) is 21.3 Å². The normalized spacial score (nSPS) is 10.4. The molecule has 0 unspecified atom stereocenters. The molecule has 3 rings (SSSR count). The summed E-state index contributed by atoms with van der Waals surface area (Å²) in [6.07, 6.45) is 0. The molecule has 0 fully saturated rings. The van der Waals surface area contributed by atoms with E-state index < -0.39 is 0 Å². The molecule has 0 saturated carbocycles. The average molecular weight is 326 g/mol. The number of anilines is 1. The van der Waals surface area contributed by atoms with Gasteiger partial charge in [-0.25, -0.2) is 0 Å². The lowest BCUT2D eigenvalue weighted by Gasteiger charge is -2.08. The van der Waals surface area contributed by atoms with Crippen molar-refractivity contribution >= 4 is 50.3 Å². The van der Waals surface area contributed by atoms with Crippen molar-refractivity contribution in [1.29, 1.82) is 0 Å². The molecular formula is C17H14N2OS2. The fourth-order valence-electron chi connectivity index (χ4n) is 2.23. The van der Waals surface area contributed by atoms with Crippen LogP contribution < -0.4 is 10.6 Å². The second-order valence-electron chi connectivity index (χ2n) is 4.83. The third kappa shape index (κ3) is 3.00. The number of benzene rings is 2. The van der Waals surface area contributed by atoms with Gasteiger partial charge in [0.2, 0.25) is 0 Å². The molecule has 110 valence electrons. The van der Waals surface area contributed by atoms with E-state index in [9.17, 15) is 4.79 Å². The zero-order valence-corrected chi connectivity index (χ0v) is 13.6. The quantitative estimate of drug-likeness (QED) is 0.689. The molecule has 0 saturated heterocycles. The Kier molecular flexibility index (Phi) is 4.18. The van der Waals surface area contributed by atoms with E-state index in [-0.39, 0.29) is 5.91 Å². The number of hydrogen-bond donors (Lipinski definition) is 2. The predicted molar refractivity (Wildman–Crippen MR) is 96.7 cm³/mol. The highest BCUT2D eigenvalue weighted by Gasteiger charge is 2.16. The van der Waals surface area contributed by atoms with E-state index in [1.54, 1.807) is 0 Å². The lowest BCUT2D eigenvalue weighted by Crippen LogP contribution is -2.33. The zero-order chi connectivity index (χ0) is 15.5. The second kappa shape index (κ2) is 6.25.